The summed E-state index contributed by atoms with van der Waals surface area (Å²) in [6, 6.07) is -0.640. The molecule has 1 amide bonds. The SMILES string of the molecule is CCCCCCC/C=C\C/C=C\CCCCCCCCCCCCCCCCCCCCCCCCCC(=O)NC(CO)C(O)/C=C/CC/C=C/CCCCCCCCCCCCCCCCCCCCCCC. The van der Waals surface area contributed by atoms with Crippen molar-refractivity contribution < 1.29 is 15.0 Å². The van der Waals surface area contributed by atoms with Gasteiger partial charge in [-0.05, 0) is 64.2 Å². The van der Waals surface area contributed by atoms with Gasteiger partial charge >= 0.3 is 0 Å². The maximum Gasteiger partial charge on any atom is 0.220 e. The Hall–Kier alpha value is -1.65. The van der Waals surface area contributed by atoms with E-state index in [9.17, 15) is 15.0 Å². The van der Waals surface area contributed by atoms with Gasteiger partial charge < -0.3 is 15.5 Å². The molecular weight excluding hydrogens is 903 g/mol. The van der Waals surface area contributed by atoms with Crippen LogP contribution in [0.15, 0.2) is 48.6 Å². The summed E-state index contributed by atoms with van der Waals surface area (Å²) in [6.45, 7) is 4.33. The molecule has 0 fully saturated rings. The average molecular weight is 1040 g/mol. The van der Waals surface area contributed by atoms with Gasteiger partial charge in [0.15, 0.2) is 0 Å². The lowest BCUT2D eigenvalue weighted by Crippen LogP contribution is -2.45. The first-order valence-electron chi connectivity index (χ1n) is 33.9. The maximum atomic E-state index is 12.5. The van der Waals surface area contributed by atoms with Gasteiger partial charge in [0.25, 0.3) is 0 Å². The third kappa shape index (κ3) is 61.2. The van der Waals surface area contributed by atoms with E-state index in [-0.39, 0.29) is 12.5 Å². The molecule has 4 nitrogen and oxygen atoms in total. The van der Waals surface area contributed by atoms with Gasteiger partial charge in [0.05, 0.1) is 18.8 Å². The van der Waals surface area contributed by atoms with E-state index in [4.69, 9.17) is 0 Å². The van der Waals surface area contributed by atoms with Crippen molar-refractivity contribution >= 4 is 5.91 Å². The molecule has 3 N–H and O–H groups in total. The molecule has 0 aromatic rings. The number of aliphatic hydroxyl groups excluding tert-OH is 2. The quantitative estimate of drug-likeness (QED) is 0.0420. The van der Waals surface area contributed by atoms with Crippen LogP contribution in [0.4, 0.5) is 0 Å². The van der Waals surface area contributed by atoms with Gasteiger partial charge in [-0.1, -0.05) is 351 Å². The topological polar surface area (TPSA) is 69.6 Å². The Labute approximate surface area is 464 Å². The van der Waals surface area contributed by atoms with Gasteiger partial charge in [0, 0.05) is 6.42 Å². The van der Waals surface area contributed by atoms with Crippen LogP contribution >= 0.6 is 0 Å². The van der Waals surface area contributed by atoms with Crippen molar-refractivity contribution in [3.05, 3.63) is 48.6 Å². The van der Waals surface area contributed by atoms with Crippen LogP contribution in [0.25, 0.3) is 0 Å². The van der Waals surface area contributed by atoms with E-state index in [1.165, 1.54) is 315 Å². The second-order valence-corrected chi connectivity index (χ2v) is 23.2. The number of amides is 1. The van der Waals surface area contributed by atoms with Crippen molar-refractivity contribution in [3.8, 4) is 0 Å². The molecule has 0 spiro atoms. The van der Waals surface area contributed by atoms with Crippen LogP contribution in [0.5, 0.6) is 0 Å². The van der Waals surface area contributed by atoms with E-state index in [1.54, 1.807) is 6.08 Å². The fourth-order valence-corrected chi connectivity index (χ4v) is 10.6. The summed E-state index contributed by atoms with van der Waals surface area (Å²) < 4.78 is 0. The van der Waals surface area contributed by atoms with Crippen molar-refractivity contribution in [2.24, 2.45) is 0 Å². The summed E-state index contributed by atoms with van der Waals surface area (Å²) in [4.78, 5) is 12.5. The molecule has 0 saturated heterocycles. The molecule has 0 bridgehead atoms. The molecule has 0 aliphatic rings. The Morgan fingerprint density at radius 2 is 0.568 bits per heavy atom. The van der Waals surface area contributed by atoms with Gasteiger partial charge in [0.1, 0.15) is 0 Å². The number of nitrogens with one attached hydrogen (secondary N) is 1. The Morgan fingerprint density at radius 3 is 0.865 bits per heavy atom. The van der Waals surface area contributed by atoms with Crippen molar-refractivity contribution in [2.45, 2.75) is 386 Å². The van der Waals surface area contributed by atoms with Gasteiger partial charge in [-0.25, -0.2) is 0 Å². The van der Waals surface area contributed by atoms with E-state index >= 15 is 0 Å². The standard InChI is InChI=1S/C70H133NO3/c1-3-5-7-9-11-13-15-17-19-21-23-25-27-29-31-32-33-34-35-36-37-38-40-42-44-46-48-50-52-54-56-58-60-62-64-66-70(74)71-68(67-72)69(73)65-63-61-59-57-55-53-51-49-47-45-43-41-39-30-28-26-24-22-20-18-16-14-12-10-8-6-4-2/h15,17,21,23,55,57,63,65,68-69,72-73H,3-14,16,18-20,22,24-54,56,58-62,64,66-67H2,1-2H3,(H,71,74)/b17-15-,23-21-,57-55+,65-63+. The minimum Gasteiger partial charge on any atom is -0.394 e. The predicted molar refractivity (Wildman–Crippen MR) is 331 cm³/mol. The fraction of sp³-hybridized carbons (Fsp3) is 0.871. The molecule has 0 aliphatic heterocycles. The summed E-state index contributed by atoms with van der Waals surface area (Å²) in [5.41, 5.74) is 0. The highest BCUT2D eigenvalue weighted by molar-refractivity contribution is 5.76. The van der Waals surface area contributed by atoms with Crippen LogP contribution in [-0.4, -0.2) is 34.9 Å². The summed E-state index contributed by atoms with van der Waals surface area (Å²) >= 11 is 0. The monoisotopic (exact) mass is 1040 g/mol. The second-order valence-electron chi connectivity index (χ2n) is 23.2. The Morgan fingerprint density at radius 1 is 0.324 bits per heavy atom. The number of allylic oxidation sites excluding steroid dienone is 7. The van der Waals surface area contributed by atoms with Gasteiger partial charge in [0.2, 0.25) is 5.91 Å². The third-order valence-corrected chi connectivity index (χ3v) is 15.8. The summed E-state index contributed by atoms with van der Waals surface area (Å²) in [5, 5.41) is 23.2. The number of unbranched alkanes of at least 4 members (excludes halogenated alkanes) is 50. The summed E-state index contributed by atoms with van der Waals surface area (Å²) in [5.74, 6) is -0.0666. The Balaban J connectivity index is 3.45. The van der Waals surface area contributed by atoms with Crippen molar-refractivity contribution in [1.82, 2.24) is 5.32 Å². The highest BCUT2D eigenvalue weighted by Crippen LogP contribution is 2.18. The van der Waals surface area contributed by atoms with Gasteiger partial charge in [-0.3, -0.25) is 4.79 Å². The predicted octanol–water partition coefficient (Wildman–Crippen LogP) is 22.9. The van der Waals surface area contributed by atoms with Crippen LogP contribution in [0.1, 0.15) is 373 Å². The number of rotatable bonds is 63. The largest absolute Gasteiger partial charge is 0.394 e. The highest BCUT2D eigenvalue weighted by atomic mass is 16.3. The Bertz CT molecular complexity index is 1170. The smallest absolute Gasteiger partial charge is 0.220 e. The van der Waals surface area contributed by atoms with Crippen molar-refractivity contribution in [2.75, 3.05) is 6.61 Å². The van der Waals surface area contributed by atoms with Crippen molar-refractivity contribution in [1.29, 1.82) is 0 Å². The zero-order valence-electron chi connectivity index (χ0n) is 50.4. The molecule has 2 atom stereocenters. The molecule has 436 valence electrons. The summed E-state index contributed by atoms with van der Waals surface area (Å²) in [7, 11) is 0. The lowest BCUT2D eigenvalue weighted by Gasteiger charge is -2.19. The molecule has 4 heteroatoms. The number of hydrogen-bond acceptors (Lipinski definition) is 3. The number of carbonyl (C=O) groups excluding carboxylic acids is 1. The number of carbonyl (C=O) groups is 1. The van der Waals surface area contributed by atoms with Crippen LogP contribution in [-0.2, 0) is 4.79 Å². The first kappa shape index (κ1) is 72.3. The van der Waals surface area contributed by atoms with E-state index in [0.29, 0.717) is 6.42 Å². The average Bonchev–Trinajstić information content (AvgIpc) is 3.40. The van der Waals surface area contributed by atoms with Crippen LogP contribution in [0, 0.1) is 0 Å². The molecule has 0 rings (SSSR count). The highest BCUT2D eigenvalue weighted by Gasteiger charge is 2.18. The minimum absolute atomic E-state index is 0.0666. The summed E-state index contributed by atoms with van der Waals surface area (Å²) in [6.07, 6.45) is 91.9. The first-order valence-corrected chi connectivity index (χ1v) is 33.9. The molecule has 0 aromatic heterocycles. The molecule has 0 saturated carbocycles. The second kappa shape index (κ2) is 65.6. The zero-order valence-corrected chi connectivity index (χ0v) is 50.4. The zero-order chi connectivity index (χ0) is 53.4. The van der Waals surface area contributed by atoms with Crippen LogP contribution in [0.3, 0.4) is 0 Å². The fourth-order valence-electron chi connectivity index (χ4n) is 10.6. The molecule has 0 aliphatic carbocycles. The van der Waals surface area contributed by atoms with Crippen LogP contribution < -0.4 is 5.32 Å². The maximum absolute atomic E-state index is 12.5. The Kier molecular flexibility index (Phi) is 64.2. The molecule has 2 unspecified atom stereocenters. The first-order chi connectivity index (χ1) is 36.7. The van der Waals surface area contributed by atoms with E-state index in [0.717, 1.165) is 38.5 Å². The minimum atomic E-state index is -0.863. The lowest BCUT2D eigenvalue weighted by atomic mass is 10.0. The molecule has 0 heterocycles. The van der Waals surface area contributed by atoms with Gasteiger partial charge in [-0.15, -0.1) is 0 Å². The molecule has 74 heavy (non-hydrogen) atoms. The van der Waals surface area contributed by atoms with E-state index in [1.807, 2.05) is 6.08 Å². The number of aliphatic hydroxyl groups is 2. The van der Waals surface area contributed by atoms with E-state index in [2.05, 4.69) is 55.6 Å². The van der Waals surface area contributed by atoms with Gasteiger partial charge in [-0.2, -0.15) is 0 Å². The molecule has 0 radical (unpaired) electrons. The third-order valence-electron chi connectivity index (χ3n) is 15.8. The lowest BCUT2D eigenvalue weighted by molar-refractivity contribution is -0.123. The van der Waals surface area contributed by atoms with Crippen molar-refractivity contribution in [3.63, 3.8) is 0 Å². The molecule has 0 aromatic carbocycles. The van der Waals surface area contributed by atoms with E-state index < -0.39 is 12.1 Å². The van der Waals surface area contributed by atoms with Crippen LogP contribution in [0.2, 0.25) is 0 Å². The normalized spacial score (nSPS) is 13.0. The number of hydrogen-bond donors (Lipinski definition) is 3. The molecular formula is C70H133NO3.